The molecule has 0 aromatic carbocycles. The fraction of sp³-hybridized carbons (Fsp3) is 0.538. The fourth-order valence-electron chi connectivity index (χ4n) is 2.18. The standard InChI is InChI=1S/C13H18N2O2/c1-13(2)4-7-15(8-5-13)11-3-6-14-9-10(11)12(16)17/h3,6,9H,4-5,7-8H2,1-2H3,(H,16,17). The van der Waals surface area contributed by atoms with Gasteiger partial charge in [-0.05, 0) is 24.3 Å². The number of carbonyl (C=O) groups is 1. The second-order valence-corrected chi connectivity index (χ2v) is 5.35. The third kappa shape index (κ3) is 2.57. The SMILES string of the molecule is CC1(C)CCN(c2ccncc2C(=O)O)CC1. The maximum atomic E-state index is 11.1. The molecule has 0 bridgehead atoms. The van der Waals surface area contributed by atoms with Crippen molar-refractivity contribution in [2.75, 3.05) is 18.0 Å². The van der Waals surface area contributed by atoms with Crippen LogP contribution in [0.5, 0.6) is 0 Å². The van der Waals surface area contributed by atoms with Crippen LogP contribution in [0.3, 0.4) is 0 Å². The summed E-state index contributed by atoms with van der Waals surface area (Å²) in [5, 5.41) is 9.13. The van der Waals surface area contributed by atoms with Crippen LogP contribution in [0.4, 0.5) is 5.69 Å². The molecule has 1 aromatic heterocycles. The molecule has 4 heteroatoms. The van der Waals surface area contributed by atoms with Gasteiger partial charge in [-0.15, -0.1) is 0 Å². The van der Waals surface area contributed by atoms with Crippen LogP contribution in [0.1, 0.15) is 37.0 Å². The first kappa shape index (κ1) is 11.9. The van der Waals surface area contributed by atoms with Crippen LogP contribution in [-0.4, -0.2) is 29.1 Å². The molecule has 0 unspecified atom stereocenters. The Balaban J connectivity index is 2.21. The predicted molar refractivity (Wildman–Crippen MR) is 66.4 cm³/mol. The fourth-order valence-corrected chi connectivity index (χ4v) is 2.18. The monoisotopic (exact) mass is 234 g/mol. The van der Waals surface area contributed by atoms with Crippen molar-refractivity contribution in [3.05, 3.63) is 24.0 Å². The minimum absolute atomic E-state index is 0.298. The van der Waals surface area contributed by atoms with E-state index in [2.05, 4.69) is 23.7 Å². The number of carboxylic acids is 1. The van der Waals surface area contributed by atoms with Gasteiger partial charge < -0.3 is 10.0 Å². The highest BCUT2D eigenvalue weighted by Gasteiger charge is 2.27. The molecule has 1 fully saturated rings. The van der Waals surface area contributed by atoms with Crippen molar-refractivity contribution in [3.63, 3.8) is 0 Å². The Morgan fingerprint density at radius 3 is 2.65 bits per heavy atom. The topological polar surface area (TPSA) is 53.4 Å². The summed E-state index contributed by atoms with van der Waals surface area (Å²) in [4.78, 5) is 17.2. The number of pyridine rings is 1. The number of piperidine rings is 1. The molecule has 1 saturated heterocycles. The van der Waals surface area contributed by atoms with Gasteiger partial charge >= 0.3 is 5.97 Å². The van der Waals surface area contributed by atoms with Crippen LogP contribution in [-0.2, 0) is 0 Å². The van der Waals surface area contributed by atoms with E-state index < -0.39 is 5.97 Å². The molecule has 2 rings (SSSR count). The Hall–Kier alpha value is -1.58. The molecular weight excluding hydrogens is 216 g/mol. The van der Waals surface area contributed by atoms with Crippen LogP contribution >= 0.6 is 0 Å². The molecule has 0 atom stereocenters. The summed E-state index contributed by atoms with van der Waals surface area (Å²) >= 11 is 0. The number of aromatic nitrogens is 1. The molecule has 0 aliphatic carbocycles. The van der Waals surface area contributed by atoms with E-state index in [4.69, 9.17) is 5.11 Å². The highest BCUT2D eigenvalue weighted by atomic mass is 16.4. The third-order valence-electron chi connectivity index (χ3n) is 3.49. The van der Waals surface area contributed by atoms with E-state index in [1.807, 2.05) is 0 Å². The minimum Gasteiger partial charge on any atom is -0.478 e. The number of hydrogen-bond donors (Lipinski definition) is 1. The van der Waals surface area contributed by atoms with Crippen molar-refractivity contribution in [2.24, 2.45) is 5.41 Å². The van der Waals surface area contributed by atoms with Gasteiger partial charge in [-0.25, -0.2) is 4.79 Å². The van der Waals surface area contributed by atoms with Gasteiger partial charge in [0.1, 0.15) is 5.56 Å². The quantitative estimate of drug-likeness (QED) is 0.853. The number of nitrogens with zero attached hydrogens (tertiary/aromatic N) is 2. The molecule has 1 aliphatic heterocycles. The molecule has 17 heavy (non-hydrogen) atoms. The third-order valence-corrected chi connectivity index (χ3v) is 3.49. The molecule has 1 aliphatic rings. The average Bonchev–Trinajstić information content (AvgIpc) is 2.29. The summed E-state index contributed by atoms with van der Waals surface area (Å²) in [7, 11) is 0. The Morgan fingerprint density at radius 1 is 1.41 bits per heavy atom. The summed E-state index contributed by atoms with van der Waals surface area (Å²) in [6, 6.07) is 1.79. The molecule has 92 valence electrons. The Morgan fingerprint density at radius 2 is 2.06 bits per heavy atom. The smallest absolute Gasteiger partial charge is 0.339 e. The van der Waals surface area contributed by atoms with Crippen molar-refractivity contribution in [1.29, 1.82) is 0 Å². The van der Waals surface area contributed by atoms with E-state index in [-0.39, 0.29) is 0 Å². The van der Waals surface area contributed by atoms with Crippen molar-refractivity contribution < 1.29 is 9.90 Å². The molecule has 0 spiro atoms. The van der Waals surface area contributed by atoms with E-state index in [0.717, 1.165) is 31.6 Å². The molecule has 0 amide bonds. The van der Waals surface area contributed by atoms with Gasteiger partial charge in [-0.2, -0.15) is 0 Å². The Bertz CT molecular complexity index is 419. The number of anilines is 1. The molecule has 0 saturated carbocycles. The number of carboxylic acid groups (broad SMARTS) is 1. The highest BCUT2D eigenvalue weighted by Crippen LogP contribution is 2.33. The lowest BCUT2D eigenvalue weighted by molar-refractivity contribution is 0.0697. The van der Waals surface area contributed by atoms with Crippen molar-refractivity contribution in [3.8, 4) is 0 Å². The van der Waals surface area contributed by atoms with Gasteiger partial charge in [-0.1, -0.05) is 13.8 Å². The van der Waals surface area contributed by atoms with E-state index >= 15 is 0 Å². The summed E-state index contributed by atoms with van der Waals surface area (Å²) in [6.45, 7) is 6.35. The molecule has 2 heterocycles. The van der Waals surface area contributed by atoms with Crippen LogP contribution in [0.15, 0.2) is 18.5 Å². The van der Waals surface area contributed by atoms with Gasteiger partial charge in [0.2, 0.25) is 0 Å². The number of rotatable bonds is 2. The van der Waals surface area contributed by atoms with Gasteiger partial charge in [-0.3, -0.25) is 4.98 Å². The molecule has 1 N–H and O–H groups in total. The summed E-state index contributed by atoms with van der Waals surface area (Å²) in [5.74, 6) is -0.905. The zero-order valence-corrected chi connectivity index (χ0v) is 10.3. The van der Waals surface area contributed by atoms with Crippen molar-refractivity contribution in [2.45, 2.75) is 26.7 Å². The lowest BCUT2D eigenvalue weighted by Crippen LogP contribution is -2.38. The summed E-state index contributed by atoms with van der Waals surface area (Å²) in [5.41, 5.74) is 1.46. The van der Waals surface area contributed by atoms with Crippen LogP contribution in [0, 0.1) is 5.41 Å². The van der Waals surface area contributed by atoms with E-state index in [9.17, 15) is 4.79 Å². The van der Waals surface area contributed by atoms with Gasteiger partial charge in [0.25, 0.3) is 0 Å². The largest absolute Gasteiger partial charge is 0.478 e. The van der Waals surface area contributed by atoms with E-state index in [1.165, 1.54) is 6.20 Å². The van der Waals surface area contributed by atoms with Gasteiger partial charge in [0.05, 0.1) is 5.69 Å². The number of aromatic carboxylic acids is 1. The van der Waals surface area contributed by atoms with Crippen molar-refractivity contribution >= 4 is 11.7 Å². The van der Waals surface area contributed by atoms with Gasteiger partial charge in [0.15, 0.2) is 0 Å². The first-order valence-electron chi connectivity index (χ1n) is 5.92. The Kier molecular flexibility index (Phi) is 3.05. The van der Waals surface area contributed by atoms with Crippen molar-refractivity contribution in [1.82, 2.24) is 4.98 Å². The second-order valence-electron chi connectivity index (χ2n) is 5.35. The normalized spacial score (nSPS) is 19.1. The highest BCUT2D eigenvalue weighted by molar-refractivity contribution is 5.94. The first-order chi connectivity index (χ1) is 7.99. The van der Waals surface area contributed by atoms with E-state index in [1.54, 1.807) is 12.3 Å². The zero-order chi connectivity index (χ0) is 12.5. The predicted octanol–water partition coefficient (Wildman–Crippen LogP) is 2.41. The maximum absolute atomic E-state index is 11.1. The molecular formula is C13H18N2O2. The summed E-state index contributed by atoms with van der Waals surface area (Å²) < 4.78 is 0. The zero-order valence-electron chi connectivity index (χ0n) is 10.3. The van der Waals surface area contributed by atoms with Crippen LogP contribution in [0.25, 0.3) is 0 Å². The second kappa shape index (κ2) is 4.35. The average molecular weight is 234 g/mol. The maximum Gasteiger partial charge on any atom is 0.339 e. The lowest BCUT2D eigenvalue weighted by atomic mass is 9.82. The summed E-state index contributed by atoms with van der Waals surface area (Å²) in [6.07, 6.45) is 5.27. The molecule has 1 aromatic rings. The molecule has 0 radical (unpaired) electrons. The minimum atomic E-state index is -0.905. The lowest BCUT2D eigenvalue weighted by Gasteiger charge is -2.38. The first-order valence-corrected chi connectivity index (χ1v) is 5.92. The van der Waals surface area contributed by atoms with Gasteiger partial charge in [0, 0.05) is 25.5 Å². The van der Waals surface area contributed by atoms with Crippen LogP contribution < -0.4 is 4.90 Å². The van der Waals surface area contributed by atoms with E-state index in [0.29, 0.717) is 11.0 Å². The molecule has 4 nitrogen and oxygen atoms in total. The Labute approximate surface area is 101 Å². The van der Waals surface area contributed by atoms with Crippen LogP contribution in [0.2, 0.25) is 0 Å². The number of hydrogen-bond acceptors (Lipinski definition) is 3.